The molecule has 0 aromatic heterocycles. The predicted octanol–water partition coefficient (Wildman–Crippen LogP) is 3.21. The van der Waals surface area contributed by atoms with Crippen LogP contribution in [0.15, 0.2) is 60.7 Å². The van der Waals surface area contributed by atoms with Gasteiger partial charge in [-0.15, -0.1) is 0 Å². The van der Waals surface area contributed by atoms with Crippen molar-refractivity contribution in [3.8, 4) is 0 Å². The first-order chi connectivity index (χ1) is 6.95. The Morgan fingerprint density at radius 1 is 0.533 bits per heavy atom. The molecule has 0 nitrogen and oxygen atoms in total. The van der Waals surface area contributed by atoms with Crippen LogP contribution in [0.4, 0.5) is 0 Å². The molecule has 0 aliphatic heterocycles. The Morgan fingerprint density at radius 2 is 0.867 bits per heavy atom. The van der Waals surface area contributed by atoms with Gasteiger partial charge in [0.05, 0.1) is 0 Å². The minimum absolute atomic E-state index is 0. The van der Waals surface area contributed by atoms with Gasteiger partial charge in [0.15, 0.2) is 0 Å². The maximum atomic E-state index is 2.12. The Hall–Kier alpha value is -0.184. The Balaban J connectivity index is 0.00000112. The topological polar surface area (TPSA) is 0 Å². The van der Waals surface area contributed by atoms with E-state index in [0.717, 1.165) is 0 Å². The molecule has 1 heteroatoms. The van der Waals surface area contributed by atoms with Gasteiger partial charge in [0.2, 0.25) is 0 Å². The Labute approximate surface area is 133 Å². The van der Waals surface area contributed by atoms with Crippen LogP contribution < -0.4 is 0 Å². The predicted molar refractivity (Wildman–Crippen MR) is 69.0 cm³/mol. The van der Waals surface area contributed by atoms with Gasteiger partial charge in [-0.1, -0.05) is 72.8 Å². The van der Waals surface area contributed by atoms with Crippen molar-refractivity contribution >= 4 is 63.5 Å². The van der Waals surface area contributed by atoms with Crippen LogP contribution in [0.1, 0.15) is 11.1 Å². The molecule has 2 rings (SSSR count). The van der Waals surface area contributed by atoms with Crippen molar-refractivity contribution in [3.05, 3.63) is 71.8 Å². The van der Waals surface area contributed by atoms with E-state index in [-0.39, 0.29) is 51.4 Å². The van der Waals surface area contributed by atoms with Gasteiger partial charge in [-0.2, -0.15) is 0 Å². The second kappa shape index (κ2) is 7.15. The molecule has 2 aromatic rings. The van der Waals surface area contributed by atoms with E-state index in [0.29, 0.717) is 0 Å². The molecule has 0 atom stereocenters. The molecule has 0 saturated heterocycles. The third-order valence-electron chi connectivity index (χ3n) is 2.07. The van der Waals surface area contributed by atoms with Crippen molar-refractivity contribution in [3.63, 3.8) is 0 Å². The van der Waals surface area contributed by atoms with Crippen LogP contribution in [-0.4, -0.2) is 51.4 Å². The average Bonchev–Trinajstić information content (AvgIpc) is 2.29. The molecule has 70 valence electrons. The van der Waals surface area contributed by atoms with Crippen LogP contribution in [0.3, 0.4) is 0 Å². The second-order valence-corrected chi connectivity index (χ2v) is 3.15. The number of rotatable bonds is 2. The maximum absolute atomic E-state index is 2.12. The van der Waals surface area contributed by atoms with E-state index in [9.17, 15) is 0 Å². The Morgan fingerprint density at radius 3 is 1.20 bits per heavy atom. The van der Waals surface area contributed by atoms with Crippen LogP contribution in [-0.2, 0) is 0 Å². The van der Waals surface area contributed by atoms with E-state index in [1.54, 1.807) is 0 Å². The fraction of sp³-hybridized carbons (Fsp3) is 0. The second-order valence-electron chi connectivity index (χ2n) is 3.15. The molecule has 0 amide bonds. The summed E-state index contributed by atoms with van der Waals surface area (Å²) in [5.74, 6) is 0. The van der Waals surface area contributed by atoms with Gasteiger partial charge >= 0.3 is 51.4 Å². The standard InChI is InChI=1S/C14H12.K.H/c1-3-7-13(8-4-1)11-12-14-9-5-2-6-10-14;;/h1-12H;;/b12-11+;;. The van der Waals surface area contributed by atoms with Crippen LogP contribution in [0.2, 0.25) is 0 Å². The zero-order valence-corrected chi connectivity index (χ0v) is 7.93. The van der Waals surface area contributed by atoms with Crippen molar-refractivity contribution in [1.29, 1.82) is 0 Å². The van der Waals surface area contributed by atoms with Crippen molar-refractivity contribution in [2.24, 2.45) is 0 Å². The zero-order chi connectivity index (χ0) is 9.64. The van der Waals surface area contributed by atoms with Gasteiger partial charge in [0.25, 0.3) is 0 Å². The van der Waals surface area contributed by atoms with E-state index in [2.05, 4.69) is 36.4 Å². The summed E-state index contributed by atoms with van der Waals surface area (Å²) in [5.41, 5.74) is 2.47. The molecule has 0 bridgehead atoms. The summed E-state index contributed by atoms with van der Waals surface area (Å²) < 4.78 is 0. The molecule has 2 aromatic carbocycles. The first kappa shape index (κ1) is 12.9. The van der Waals surface area contributed by atoms with Crippen molar-refractivity contribution in [2.45, 2.75) is 0 Å². The molecule has 0 aliphatic rings. The average molecular weight is 220 g/mol. The minimum atomic E-state index is 0. The summed E-state index contributed by atoms with van der Waals surface area (Å²) in [6, 6.07) is 20.6. The Bertz CT molecular complexity index is 362. The van der Waals surface area contributed by atoms with Crippen molar-refractivity contribution in [2.75, 3.05) is 0 Å². The van der Waals surface area contributed by atoms with Gasteiger partial charge in [0, 0.05) is 0 Å². The van der Waals surface area contributed by atoms with Crippen LogP contribution in [0.25, 0.3) is 12.2 Å². The van der Waals surface area contributed by atoms with Crippen molar-refractivity contribution < 1.29 is 0 Å². The first-order valence-corrected chi connectivity index (χ1v) is 4.73. The molecule has 0 saturated carbocycles. The van der Waals surface area contributed by atoms with E-state index in [1.807, 2.05) is 36.4 Å². The van der Waals surface area contributed by atoms with Gasteiger partial charge in [-0.25, -0.2) is 0 Å². The van der Waals surface area contributed by atoms with E-state index in [1.165, 1.54) is 11.1 Å². The Kier molecular flexibility index (Phi) is 6.14. The molecule has 0 radical (unpaired) electrons. The van der Waals surface area contributed by atoms with Crippen LogP contribution in [0.5, 0.6) is 0 Å². The van der Waals surface area contributed by atoms with E-state index in [4.69, 9.17) is 0 Å². The molecule has 0 N–H and O–H groups in total. The first-order valence-electron chi connectivity index (χ1n) is 4.73. The van der Waals surface area contributed by atoms with E-state index < -0.39 is 0 Å². The molecule has 0 spiro atoms. The summed E-state index contributed by atoms with van der Waals surface area (Å²) in [7, 11) is 0. The van der Waals surface area contributed by atoms with Crippen LogP contribution >= 0.6 is 0 Å². The monoisotopic (exact) mass is 220 g/mol. The third-order valence-corrected chi connectivity index (χ3v) is 2.07. The van der Waals surface area contributed by atoms with Gasteiger partial charge in [0.1, 0.15) is 0 Å². The quantitative estimate of drug-likeness (QED) is 0.538. The van der Waals surface area contributed by atoms with Gasteiger partial charge in [-0.3, -0.25) is 0 Å². The number of hydrogen-bond donors (Lipinski definition) is 0. The normalized spacial score (nSPS) is 9.87. The summed E-state index contributed by atoms with van der Waals surface area (Å²) in [6.07, 6.45) is 4.24. The van der Waals surface area contributed by atoms with Gasteiger partial charge < -0.3 is 0 Å². The molecule has 0 unspecified atom stereocenters. The molecular weight excluding hydrogens is 207 g/mol. The SMILES string of the molecule is C(=C\c1ccccc1)/c1ccccc1.[KH]. The fourth-order valence-corrected chi connectivity index (χ4v) is 1.32. The number of hydrogen-bond acceptors (Lipinski definition) is 0. The number of benzene rings is 2. The molecule has 15 heavy (non-hydrogen) atoms. The van der Waals surface area contributed by atoms with Crippen LogP contribution in [0, 0.1) is 0 Å². The fourth-order valence-electron chi connectivity index (χ4n) is 1.32. The zero-order valence-electron chi connectivity index (χ0n) is 7.93. The molecule has 0 heterocycles. The van der Waals surface area contributed by atoms with E-state index >= 15 is 0 Å². The van der Waals surface area contributed by atoms with Gasteiger partial charge in [-0.05, 0) is 11.1 Å². The summed E-state index contributed by atoms with van der Waals surface area (Å²) in [6.45, 7) is 0. The molecule has 0 fully saturated rings. The summed E-state index contributed by atoms with van der Waals surface area (Å²) in [4.78, 5) is 0. The summed E-state index contributed by atoms with van der Waals surface area (Å²) in [5, 5.41) is 0. The molecular formula is C14H13K. The molecule has 0 aliphatic carbocycles. The van der Waals surface area contributed by atoms with Crippen molar-refractivity contribution in [1.82, 2.24) is 0 Å². The third kappa shape index (κ3) is 4.45. The summed E-state index contributed by atoms with van der Waals surface area (Å²) >= 11 is 0.